The third-order valence-electron chi connectivity index (χ3n) is 2.60. The number of hydrogen-bond donors (Lipinski definition) is 0. The van der Waals surface area contributed by atoms with Gasteiger partial charge in [0.1, 0.15) is 0 Å². The Bertz CT molecular complexity index is 464. The lowest BCUT2D eigenvalue weighted by Gasteiger charge is -2.10. The third-order valence-corrected chi connectivity index (χ3v) is 2.60. The van der Waals surface area contributed by atoms with Crippen LogP contribution in [0.3, 0.4) is 0 Å². The molecule has 0 bridgehead atoms. The summed E-state index contributed by atoms with van der Waals surface area (Å²) in [6.45, 7) is 6.50. The summed E-state index contributed by atoms with van der Waals surface area (Å²) in [5, 5.41) is 11.0. The molecule has 90 valence electrons. The first-order valence-corrected chi connectivity index (χ1v) is 5.27. The molecule has 1 aliphatic rings. The molecule has 17 heavy (non-hydrogen) atoms. The van der Waals surface area contributed by atoms with Gasteiger partial charge < -0.3 is 9.47 Å². The second kappa shape index (κ2) is 4.65. The predicted octanol–water partition coefficient (Wildman–Crippen LogP) is 2.67. The number of nitro groups is 1. The largest absolute Gasteiger partial charge is 0.346 e. The number of ether oxygens (including phenoxy) is 2. The van der Waals surface area contributed by atoms with Crippen molar-refractivity contribution >= 4 is 11.3 Å². The number of rotatable bonds is 3. The van der Waals surface area contributed by atoms with E-state index in [-0.39, 0.29) is 5.69 Å². The van der Waals surface area contributed by atoms with E-state index in [4.69, 9.17) is 9.47 Å². The van der Waals surface area contributed by atoms with Gasteiger partial charge in [0.2, 0.25) is 0 Å². The summed E-state index contributed by atoms with van der Waals surface area (Å²) in [4.78, 5) is 10.6. The van der Waals surface area contributed by atoms with Crippen molar-refractivity contribution in [2.75, 3.05) is 13.2 Å². The van der Waals surface area contributed by atoms with Crippen LogP contribution in [-0.4, -0.2) is 18.1 Å². The second-order valence-electron chi connectivity index (χ2n) is 3.88. The molecule has 1 aromatic rings. The molecule has 0 spiro atoms. The highest BCUT2D eigenvalue weighted by molar-refractivity contribution is 5.65. The maximum Gasteiger partial charge on any atom is 0.278 e. The van der Waals surface area contributed by atoms with E-state index < -0.39 is 11.2 Å². The molecule has 1 fully saturated rings. The van der Waals surface area contributed by atoms with Gasteiger partial charge in [-0.3, -0.25) is 10.1 Å². The molecule has 0 atom stereocenters. The van der Waals surface area contributed by atoms with E-state index in [0.29, 0.717) is 18.8 Å². The molecule has 1 aliphatic heterocycles. The molecular formula is C12H13NO4. The van der Waals surface area contributed by atoms with Crippen LogP contribution in [0.15, 0.2) is 24.8 Å². The van der Waals surface area contributed by atoms with E-state index >= 15 is 0 Å². The van der Waals surface area contributed by atoms with Gasteiger partial charge in [0.25, 0.3) is 5.69 Å². The van der Waals surface area contributed by atoms with E-state index in [0.717, 1.165) is 11.1 Å². The van der Waals surface area contributed by atoms with Crippen molar-refractivity contribution in [3.8, 4) is 0 Å². The van der Waals surface area contributed by atoms with E-state index in [9.17, 15) is 10.1 Å². The minimum absolute atomic E-state index is 0.0115. The number of benzene rings is 1. The lowest BCUT2D eigenvalue weighted by Crippen LogP contribution is -2.03. The Labute approximate surface area is 98.8 Å². The van der Waals surface area contributed by atoms with Gasteiger partial charge in [0, 0.05) is 6.07 Å². The monoisotopic (exact) mass is 235 g/mol. The molecule has 0 aliphatic carbocycles. The lowest BCUT2D eigenvalue weighted by molar-refractivity contribution is -0.386. The summed E-state index contributed by atoms with van der Waals surface area (Å²) in [5.74, 6) is 0. The van der Waals surface area contributed by atoms with E-state index in [1.807, 2.05) is 0 Å². The van der Waals surface area contributed by atoms with Gasteiger partial charge >= 0.3 is 0 Å². The van der Waals surface area contributed by atoms with Crippen LogP contribution in [0.4, 0.5) is 5.69 Å². The predicted molar refractivity (Wildman–Crippen MR) is 62.4 cm³/mol. The van der Waals surface area contributed by atoms with Crippen LogP contribution in [-0.2, 0) is 9.47 Å². The molecular weight excluding hydrogens is 222 g/mol. The maximum atomic E-state index is 11.0. The fraction of sp³-hybridized carbons (Fsp3) is 0.333. The zero-order chi connectivity index (χ0) is 12.4. The normalized spacial score (nSPS) is 16.1. The number of nitro benzene ring substituents is 1. The molecule has 1 heterocycles. The van der Waals surface area contributed by atoms with Gasteiger partial charge in [0.15, 0.2) is 6.29 Å². The summed E-state index contributed by atoms with van der Waals surface area (Å²) in [5.41, 5.74) is 2.00. The summed E-state index contributed by atoms with van der Waals surface area (Å²) in [6.07, 6.45) is -0.630. The zero-order valence-electron chi connectivity index (χ0n) is 9.51. The van der Waals surface area contributed by atoms with Gasteiger partial charge in [-0.05, 0) is 18.6 Å². The number of hydrogen-bond acceptors (Lipinski definition) is 4. The number of nitrogens with zero attached hydrogens (tertiary/aromatic N) is 1. The van der Waals surface area contributed by atoms with Gasteiger partial charge in [-0.1, -0.05) is 18.2 Å². The molecule has 0 radical (unpaired) electrons. The summed E-state index contributed by atoms with van der Waals surface area (Å²) in [6, 6.07) is 4.95. The third kappa shape index (κ3) is 2.35. The van der Waals surface area contributed by atoms with Gasteiger partial charge in [-0.25, -0.2) is 0 Å². The fourth-order valence-corrected chi connectivity index (χ4v) is 1.70. The molecule has 0 unspecified atom stereocenters. The lowest BCUT2D eigenvalue weighted by atomic mass is 10.0. The summed E-state index contributed by atoms with van der Waals surface area (Å²) >= 11 is 0. The Kier molecular flexibility index (Phi) is 3.21. The first-order chi connectivity index (χ1) is 8.09. The van der Waals surface area contributed by atoms with E-state index in [1.54, 1.807) is 19.1 Å². The minimum atomic E-state index is -0.630. The quantitative estimate of drug-likeness (QED) is 0.597. The highest BCUT2D eigenvalue weighted by Gasteiger charge is 2.26. The Morgan fingerprint density at radius 2 is 2.12 bits per heavy atom. The van der Waals surface area contributed by atoms with Crippen molar-refractivity contribution in [1.82, 2.24) is 0 Å². The molecule has 0 amide bonds. The first kappa shape index (κ1) is 11.8. The average molecular weight is 235 g/mol. The SMILES string of the molecule is C=C(C)c1ccc(C2OCCO2)c([N+](=O)[O-])c1. The molecule has 5 heteroatoms. The zero-order valence-corrected chi connectivity index (χ0v) is 9.51. The van der Waals surface area contributed by atoms with Crippen molar-refractivity contribution in [3.05, 3.63) is 46.0 Å². The standard InChI is InChI=1S/C12H13NO4/c1-8(2)9-3-4-10(11(7-9)13(14)15)12-16-5-6-17-12/h3-4,7,12H,1,5-6H2,2H3. The van der Waals surface area contributed by atoms with Crippen LogP contribution < -0.4 is 0 Å². The molecule has 2 rings (SSSR count). The van der Waals surface area contributed by atoms with Crippen LogP contribution >= 0.6 is 0 Å². The number of allylic oxidation sites excluding steroid dienone is 1. The van der Waals surface area contributed by atoms with Crippen molar-refractivity contribution in [2.45, 2.75) is 13.2 Å². The van der Waals surface area contributed by atoms with Crippen LogP contribution in [0.5, 0.6) is 0 Å². The smallest absolute Gasteiger partial charge is 0.278 e. The van der Waals surface area contributed by atoms with Gasteiger partial charge in [0.05, 0.1) is 23.7 Å². The molecule has 0 saturated carbocycles. The van der Waals surface area contributed by atoms with Crippen molar-refractivity contribution in [3.63, 3.8) is 0 Å². The van der Waals surface area contributed by atoms with E-state index in [2.05, 4.69) is 6.58 Å². The Morgan fingerprint density at radius 3 is 2.65 bits per heavy atom. The fourth-order valence-electron chi connectivity index (χ4n) is 1.70. The Balaban J connectivity index is 2.44. The Hall–Kier alpha value is -1.72. The van der Waals surface area contributed by atoms with Crippen LogP contribution in [0, 0.1) is 10.1 Å². The second-order valence-corrected chi connectivity index (χ2v) is 3.88. The average Bonchev–Trinajstić information content (AvgIpc) is 2.81. The maximum absolute atomic E-state index is 11.0. The topological polar surface area (TPSA) is 61.6 Å². The Morgan fingerprint density at radius 1 is 1.47 bits per heavy atom. The molecule has 1 aromatic carbocycles. The van der Waals surface area contributed by atoms with Crippen LogP contribution in [0.25, 0.3) is 5.57 Å². The van der Waals surface area contributed by atoms with Crippen molar-refractivity contribution < 1.29 is 14.4 Å². The van der Waals surface area contributed by atoms with Gasteiger partial charge in [-0.15, -0.1) is 0 Å². The van der Waals surface area contributed by atoms with Crippen molar-refractivity contribution in [1.29, 1.82) is 0 Å². The van der Waals surface area contributed by atoms with Crippen LogP contribution in [0.1, 0.15) is 24.3 Å². The molecule has 0 aromatic heterocycles. The van der Waals surface area contributed by atoms with Gasteiger partial charge in [-0.2, -0.15) is 0 Å². The van der Waals surface area contributed by atoms with Crippen LogP contribution in [0.2, 0.25) is 0 Å². The minimum Gasteiger partial charge on any atom is -0.346 e. The van der Waals surface area contributed by atoms with Crippen molar-refractivity contribution in [2.24, 2.45) is 0 Å². The van der Waals surface area contributed by atoms with E-state index in [1.165, 1.54) is 6.07 Å². The summed E-state index contributed by atoms with van der Waals surface area (Å²) < 4.78 is 10.6. The molecule has 5 nitrogen and oxygen atoms in total. The highest BCUT2D eigenvalue weighted by atomic mass is 16.7. The molecule has 1 saturated heterocycles. The first-order valence-electron chi connectivity index (χ1n) is 5.27. The molecule has 0 N–H and O–H groups in total. The summed E-state index contributed by atoms with van der Waals surface area (Å²) in [7, 11) is 0. The highest BCUT2D eigenvalue weighted by Crippen LogP contribution is 2.32.